The second-order valence-corrected chi connectivity index (χ2v) is 4.38. The number of hydrogen-bond acceptors (Lipinski definition) is 3. The van der Waals surface area contributed by atoms with Crippen LogP contribution in [0, 0.1) is 0 Å². The normalized spacial score (nSPS) is 13.9. The van der Waals surface area contributed by atoms with Gasteiger partial charge in [-0.2, -0.15) is 0 Å². The zero-order valence-corrected chi connectivity index (χ0v) is 11.1. The Morgan fingerprint density at radius 1 is 1.39 bits per heavy atom. The topological polar surface area (TPSA) is 64.3 Å². The van der Waals surface area contributed by atoms with Crippen molar-refractivity contribution in [2.75, 3.05) is 13.7 Å². The number of rotatable bonds is 7. The third kappa shape index (κ3) is 4.85. The molecule has 18 heavy (non-hydrogen) atoms. The van der Waals surface area contributed by atoms with Crippen molar-refractivity contribution in [2.45, 2.75) is 31.8 Å². The summed E-state index contributed by atoms with van der Waals surface area (Å²) in [5.74, 6) is -0.109. The van der Waals surface area contributed by atoms with Gasteiger partial charge in [-0.1, -0.05) is 30.3 Å². The molecule has 2 atom stereocenters. The highest BCUT2D eigenvalue weighted by molar-refractivity contribution is 5.81. The molecule has 3 N–H and O–H groups in total. The maximum atomic E-state index is 11.8. The molecule has 1 unspecified atom stereocenters. The Bertz CT molecular complexity index is 354. The van der Waals surface area contributed by atoms with Crippen molar-refractivity contribution in [3.63, 3.8) is 0 Å². The molecule has 0 heterocycles. The highest BCUT2D eigenvalue weighted by Crippen LogP contribution is 2.11. The van der Waals surface area contributed by atoms with E-state index < -0.39 is 6.04 Å². The number of nitrogens with one attached hydrogen (secondary N) is 1. The van der Waals surface area contributed by atoms with Crippen LogP contribution in [0.3, 0.4) is 0 Å². The number of nitrogens with two attached hydrogens (primary N) is 1. The van der Waals surface area contributed by atoms with E-state index in [1.807, 2.05) is 37.3 Å². The molecular formula is C14H22N2O2. The number of carbonyl (C=O) groups is 1. The lowest BCUT2D eigenvalue weighted by Crippen LogP contribution is -2.41. The third-order valence-corrected chi connectivity index (χ3v) is 2.86. The lowest BCUT2D eigenvalue weighted by Gasteiger charge is -2.17. The van der Waals surface area contributed by atoms with Crippen LogP contribution in [0.5, 0.6) is 0 Å². The van der Waals surface area contributed by atoms with Gasteiger partial charge in [-0.3, -0.25) is 4.79 Å². The maximum Gasteiger partial charge on any atom is 0.237 e. The van der Waals surface area contributed by atoms with Crippen LogP contribution < -0.4 is 11.1 Å². The van der Waals surface area contributed by atoms with Crippen molar-refractivity contribution in [1.29, 1.82) is 0 Å². The minimum Gasteiger partial charge on any atom is -0.385 e. The molecular weight excluding hydrogens is 228 g/mol. The van der Waals surface area contributed by atoms with Gasteiger partial charge in [0.15, 0.2) is 0 Å². The molecule has 4 heteroatoms. The molecule has 0 radical (unpaired) electrons. The van der Waals surface area contributed by atoms with E-state index in [4.69, 9.17) is 10.5 Å². The second-order valence-electron chi connectivity index (χ2n) is 4.38. The molecule has 0 bridgehead atoms. The summed E-state index contributed by atoms with van der Waals surface area (Å²) in [6.45, 7) is 2.59. The first-order chi connectivity index (χ1) is 8.65. The van der Waals surface area contributed by atoms with Gasteiger partial charge >= 0.3 is 0 Å². The van der Waals surface area contributed by atoms with E-state index in [1.54, 1.807) is 7.11 Å². The molecule has 1 amide bonds. The Morgan fingerprint density at radius 3 is 2.67 bits per heavy atom. The average Bonchev–Trinajstić information content (AvgIpc) is 2.39. The van der Waals surface area contributed by atoms with Crippen molar-refractivity contribution < 1.29 is 9.53 Å². The van der Waals surface area contributed by atoms with Gasteiger partial charge in [-0.05, 0) is 25.3 Å². The van der Waals surface area contributed by atoms with Crippen LogP contribution in [0.1, 0.15) is 31.4 Å². The molecule has 0 saturated heterocycles. The number of carbonyl (C=O) groups excluding carboxylic acids is 1. The molecule has 1 aromatic rings. The molecule has 0 aliphatic carbocycles. The fraction of sp³-hybridized carbons (Fsp3) is 0.500. The van der Waals surface area contributed by atoms with Gasteiger partial charge < -0.3 is 15.8 Å². The number of ether oxygens (including phenoxy) is 1. The summed E-state index contributed by atoms with van der Waals surface area (Å²) in [6.07, 6.45) is 1.44. The van der Waals surface area contributed by atoms with Crippen LogP contribution in [-0.4, -0.2) is 25.7 Å². The molecule has 1 rings (SSSR count). The lowest BCUT2D eigenvalue weighted by molar-refractivity contribution is -0.123. The summed E-state index contributed by atoms with van der Waals surface area (Å²) in [5, 5.41) is 2.92. The quantitative estimate of drug-likeness (QED) is 0.723. The molecule has 0 aliphatic heterocycles. The number of methoxy groups -OCH3 is 1. The largest absolute Gasteiger partial charge is 0.385 e. The van der Waals surface area contributed by atoms with Crippen LogP contribution >= 0.6 is 0 Å². The van der Waals surface area contributed by atoms with Crippen molar-refractivity contribution in [2.24, 2.45) is 5.73 Å². The molecule has 0 aliphatic rings. The third-order valence-electron chi connectivity index (χ3n) is 2.86. The van der Waals surface area contributed by atoms with Gasteiger partial charge in [0.25, 0.3) is 0 Å². The van der Waals surface area contributed by atoms with Gasteiger partial charge in [0.05, 0.1) is 12.1 Å². The Morgan fingerprint density at radius 2 is 2.06 bits per heavy atom. The van der Waals surface area contributed by atoms with Crippen LogP contribution in [0.25, 0.3) is 0 Å². The first-order valence-electron chi connectivity index (χ1n) is 6.25. The fourth-order valence-electron chi connectivity index (χ4n) is 1.72. The molecule has 4 nitrogen and oxygen atoms in total. The number of hydrogen-bond donors (Lipinski definition) is 2. The summed E-state index contributed by atoms with van der Waals surface area (Å²) < 4.78 is 4.94. The molecule has 0 fully saturated rings. The smallest absolute Gasteiger partial charge is 0.237 e. The van der Waals surface area contributed by atoms with Crippen LogP contribution in [0.15, 0.2) is 30.3 Å². The van der Waals surface area contributed by atoms with Crippen LogP contribution in [-0.2, 0) is 9.53 Å². The number of amides is 1. The molecule has 0 aromatic heterocycles. The van der Waals surface area contributed by atoms with Gasteiger partial charge in [0.1, 0.15) is 0 Å². The second kappa shape index (κ2) is 7.84. The highest BCUT2D eigenvalue weighted by Gasteiger charge is 2.15. The Hall–Kier alpha value is -1.39. The van der Waals surface area contributed by atoms with E-state index in [0.29, 0.717) is 13.0 Å². The molecule has 100 valence electrons. The Labute approximate surface area is 109 Å². The highest BCUT2D eigenvalue weighted by atomic mass is 16.5. The summed E-state index contributed by atoms with van der Waals surface area (Å²) in [6, 6.07) is 9.35. The van der Waals surface area contributed by atoms with Gasteiger partial charge in [0.2, 0.25) is 5.91 Å². The standard InChI is InChI=1S/C14H22N2O2/c1-11(12-7-4-3-5-8-12)16-14(17)13(15)9-6-10-18-2/h3-5,7-8,11,13H,6,9-10,15H2,1-2H3,(H,16,17)/t11-,13?/m1/s1. The van der Waals surface area contributed by atoms with E-state index in [9.17, 15) is 4.79 Å². The Kier molecular flexibility index (Phi) is 6.39. The van der Waals surface area contributed by atoms with Crippen molar-refractivity contribution in [3.8, 4) is 0 Å². The van der Waals surface area contributed by atoms with Gasteiger partial charge in [-0.15, -0.1) is 0 Å². The van der Waals surface area contributed by atoms with Crippen LogP contribution in [0.2, 0.25) is 0 Å². The zero-order valence-electron chi connectivity index (χ0n) is 11.1. The van der Waals surface area contributed by atoms with Crippen molar-refractivity contribution in [3.05, 3.63) is 35.9 Å². The van der Waals surface area contributed by atoms with Crippen LogP contribution in [0.4, 0.5) is 0 Å². The predicted molar refractivity (Wildman–Crippen MR) is 72.1 cm³/mol. The predicted octanol–water partition coefficient (Wildman–Crippen LogP) is 1.62. The van der Waals surface area contributed by atoms with E-state index in [1.165, 1.54) is 0 Å². The molecule has 0 spiro atoms. The summed E-state index contributed by atoms with van der Waals surface area (Å²) >= 11 is 0. The fourth-order valence-corrected chi connectivity index (χ4v) is 1.72. The maximum absolute atomic E-state index is 11.8. The average molecular weight is 250 g/mol. The minimum absolute atomic E-state index is 0.0211. The van der Waals surface area contributed by atoms with E-state index in [0.717, 1.165) is 12.0 Å². The van der Waals surface area contributed by atoms with E-state index >= 15 is 0 Å². The Balaban J connectivity index is 2.39. The zero-order chi connectivity index (χ0) is 13.4. The van der Waals surface area contributed by atoms with E-state index in [2.05, 4.69) is 5.32 Å². The SMILES string of the molecule is COCCCC(N)C(=O)N[C@H](C)c1ccccc1. The minimum atomic E-state index is -0.466. The lowest BCUT2D eigenvalue weighted by atomic mass is 10.1. The van der Waals surface area contributed by atoms with Crippen molar-refractivity contribution >= 4 is 5.91 Å². The first kappa shape index (κ1) is 14.7. The summed E-state index contributed by atoms with van der Waals surface area (Å²) in [4.78, 5) is 11.8. The molecule has 0 saturated carbocycles. The van der Waals surface area contributed by atoms with Crippen molar-refractivity contribution in [1.82, 2.24) is 5.32 Å². The summed E-state index contributed by atoms with van der Waals surface area (Å²) in [7, 11) is 1.64. The van der Waals surface area contributed by atoms with Gasteiger partial charge in [0, 0.05) is 13.7 Å². The van der Waals surface area contributed by atoms with Gasteiger partial charge in [-0.25, -0.2) is 0 Å². The first-order valence-corrected chi connectivity index (χ1v) is 6.25. The van der Waals surface area contributed by atoms with E-state index in [-0.39, 0.29) is 11.9 Å². The number of benzene rings is 1. The monoisotopic (exact) mass is 250 g/mol. The summed E-state index contributed by atoms with van der Waals surface area (Å²) in [5.41, 5.74) is 6.90. The molecule has 1 aromatic carbocycles.